The Labute approximate surface area is 126 Å². The standard InChI is InChI=1S/C15H27N3O3/c1-4-7-13-16-14(21-17-13)8-9-15(20)18(10-11-19)12(5-2)6-3/h12,19H,4-11H2,1-3H3. The van der Waals surface area contributed by atoms with Gasteiger partial charge in [-0.1, -0.05) is 25.9 Å². The Balaban J connectivity index is 2.55. The lowest BCUT2D eigenvalue weighted by molar-refractivity contribution is -0.134. The first-order chi connectivity index (χ1) is 10.2. The van der Waals surface area contributed by atoms with Gasteiger partial charge in [-0.15, -0.1) is 0 Å². The molecule has 0 aliphatic carbocycles. The fourth-order valence-electron chi connectivity index (χ4n) is 2.42. The third-order valence-electron chi connectivity index (χ3n) is 3.58. The van der Waals surface area contributed by atoms with E-state index >= 15 is 0 Å². The topological polar surface area (TPSA) is 79.5 Å². The Morgan fingerprint density at radius 1 is 1.29 bits per heavy atom. The van der Waals surface area contributed by atoms with E-state index in [0.717, 1.165) is 25.7 Å². The summed E-state index contributed by atoms with van der Waals surface area (Å²) >= 11 is 0. The summed E-state index contributed by atoms with van der Waals surface area (Å²) in [5.41, 5.74) is 0. The highest BCUT2D eigenvalue weighted by atomic mass is 16.5. The van der Waals surface area contributed by atoms with Gasteiger partial charge in [0, 0.05) is 31.8 Å². The Bertz CT molecular complexity index is 416. The maximum Gasteiger partial charge on any atom is 0.227 e. The van der Waals surface area contributed by atoms with Crippen molar-refractivity contribution in [2.75, 3.05) is 13.2 Å². The second kappa shape index (κ2) is 9.50. The number of hydrogen-bond acceptors (Lipinski definition) is 5. The first kappa shape index (κ1) is 17.6. The van der Waals surface area contributed by atoms with Crippen molar-refractivity contribution in [3.63, 3.8) is 0 Å². The molecule has 0 aromatic carbocycles. The van der Waals surface area contributed by atoms with Gasteiger partial charge in [0.05, 0.1) is 6.61 Å². The van der Waals surface area contributed by atoms with E-state index in [-0.39, 0.29) is 18.6 Å². The zero-order valence-corrected chi connectivity index (χ0v) is 13.3. The SMILES string of the molecule is CCCc1noc(CCC(=O)N(CCO)C(CC)CC)n1. The maximum absolute atomic E-state index is 12.3. The molecule has 1 amide bonds. The van der Waals surface area contributed by atoms with Crippen molar-refractivity contribution >= 4 is 5.91 Å². The van der Waals surface area contributed by atoms with Crippen LogP contribution in [0.1, 0.15) is 58.2 Å². The van der Waals surface area contributed by atoms with Crippen molar-refractivity contribution < 1.29 is 14.4 Å². The minimum absolute atomic E-state index is 0.0105. The second-order valence-corrected chi connectivity index (χ2v) is 5.14. The Hall–Kier alpha value is -1.43. The van der Waals surface area contributed by atoms with E-state index in [1.165, 1.54) is 0 Å². The van der Waals surface area contributed by atoms with Gasteiger partial charge in [-0.2, -0.15) is 4.98 Å². The molecule has 1 heterocycles. The van der Waals surface area contributed by atoms with Crippen molar-refractivity contribution in [2.45, 2.75) is 65.3 Å². The smallest absolute Gasteiger partial charge is 0.227 e. The molecule has 120 valence electrons. The predicted molar refractivity (Wildman–Crippen MR) is 79.8 cm³/mol. The monoisotopic (exact) mass is 297 g/mol. The summed E-state index contributed by atoms with van der Waals surface area (Å²) in [6.07, 6.45) is 4.34. The number of rotatable bonds is 10. The van der Waals surface area contributed by atoms with Crippen LogP contribution < -0.4 is 0 Å². The van der Waals surface area contributed by atoms with Crippen LogP contribution in [-0.4, -0.2) is 45.2 Å². The van der Waals surface area contributed by atoms with E-state index in [4.69, 9.17) is 9.63 Å². The maximum atomic E-state index is 12.3. The molecule has 6 nitrogen and oxygen atoms in total. The molecule has 0 saturated carbocycles. The number of carbonyl (C=O) groups excluding carboxylic acids is 1. The van der Waals surface area contributed by atoms with Crippen LogP contribution in [-0.2, 0) is 17.6 Å². The number of hydrogen-bond donors (Lipinski definition) is 1. The number of aromatic nitrogens is 2. The molecular formula is C15H27N3O3. The molecule has 0 spiro atoms. The van der Waals surface area contributed by atoms with Gasteiger partial charge >= 0.3 is 0 Å². The number of amides is 1. The van der Waals surface area contributed by atoms with Gasteiger partial charge in [0.25, 0.3) is 0 Å². The predicted octanol–water partition coefficient (Wildman–Crippen LogP) is 1.96. The molecule has 0 radical (unpaired) electrons. The van der Waals surface area contributed by atoms with Gasteiger partial charge in [0.2, 0.25) is 11.8 Å². The minimum atomic E-state index is -0.0105. The molecule has 0 atom stereocenters. The zero-order valence-electron chi connectivity index (χ0n) is 13.3. The number of aliphatic hydroxyl groups is 1. The third kappa shape index (κ3) is 5.46. The van der Waals surface area contributed by atoms with Gasteiger partial charge in [-0.25, -0.2) is 0 Å². The summed E-state index contributed by atoms with van der Waals surface area (Å²) < 4.78 is 5.14. The van der Waals surface area contributed by atoms with E-state index < -0.39 is 0 Å². The van der Waals surface area contributed by atoms with E-state index in [1.54, 1.807) is 4.90 Å². The third-order valence-corrected chi connectivity index (χ3v) is 3.58. The molecule has 0 unspecified atom stereocenters. The largest absolute Gasteiger partial charge is 0.395 e. The van der Waals surface area contributed by atoms with Crippen LogP contribution in [0.5, 0.6) is 0 Å². The number of aliphatic hydroxyl groups excluding tert-OH is 1. The van der Waals surface area contributed by atoms with Crippen LogP contribution >= 0.6 is 0 Å². The molecule has 0 saturated heterocycles. The minimum Gasteiger partial charge on any atom is -0.395 e. The Kier molecular flexibility index (Phi) is 7.97. The second-order valence-electron chi connectivity index (χ2n) is 5.14. The lowest BCUT2D eigenvalue weighted by Crippen LogP contribution is -2.41. The fourth-order valence-corrected chi connectivity index (χ4v) is 2.42. The molecule has 0 aliphatic rings. The molecule has 1 rings (SSSR count). The fraction of sp³-hybridized carbons (Fsp3) is 0.800. The molecule has 0 bridgehead atoms. The summed E-state index contributed by atoms with van der Waals surface area (Å²) in [6.45, 7) is 6.54. The summed E-state index contributed by atoms with van der Waals surface area (Å²) in [4.78, 5) is 18.4. The number of aryl methyl sites for hydroxylation is 2. The highest BCUT2D eigenvalue weighted by Crippen LogP contribution is 2.12. The van der Waals surface area contributed by atoms with E-state index in [0.29, 0.717) is 31.1 Å². The first-order valence-electron chi connectivity index (χ1n) is 7.87. The van der Waals surface area contributed by atoms with Crippen LogP contribution in [0.2, 0.25) is 0 Å². The number of nitrogens with zero attached hydrogens (tertiary/aromatic N) is 3. The van der Waals surface area contributed by atoms with Gasteiger partial charge in [0.15, 0.2) is 5.82 Å². The molecule has 1 N–H and O–H groups in total. The van der Waals surface area contributed by atoms with Gasteiger partial charge in [0.1, 0.15) is 0 Å². The molecule has 0 aliphatic heterocycles. The van der Waals surface area contributed by atoms with Gasteiger partial charge in [-0.05, 0) is 19.3 Å². The average molecular weight is 297 g/mol. The zero-order chi connectivity index (χ0) is 15.7. The quantitative estimate of drug-likeness (QED) is 0.714. The van der Waals surface area contributed by atoms with Gasteiger partial charge < -0.3 is 14.5 Å². The van der Waals surface area contributed by atoms with Crippen molar-refractivity contribution in [3.05, 3.63) is 11.7 Å². The van der Waals surface area contributed by atoms with Crippen LogP contribution in [0.3, 0.4) is 0 Å². The van der Waals surface area contributed by atoms with Crippen LogP contribution in [0.15, 0.2) is 4.52 Å². The lowest BCUT2D eigenvalue weighted by atomic mass is 10.1. The Morgan fingerprint density at radius 2 is 2.00 bits per heavy atom. The summed E-state index contributed by atoms with van der Waals surface area (Å²) in [5.74, 6) is 1.25. The van der Waals surface area contributed by atoms with Crippen molar-refractivity contribution in [1.82, 2.24) is 15.0 Å². The lowest BCUT2D eigenvalue weighted by Gasteiger charge is -2.30. The van der Waals surface area contributed by atoms with Crippen molar-refractivity contribution in [2.24, 2.45) is 0 Å². The number of carbonyl (C=O) groups is 1. The van der Waals surface area contributed by atoms with E-state index in [9.17, 15) is 4.79 Å². The normalized spacial score (nSPS) is 11.1. The highest BCUT2D eigenvalue weighted by molar-refractivity contribution is 5.76. The van der Waals surface area contributed by atoms with Crippen molar-refractivity contribution in [1.29, 1.82) is 0 Å². The first-order valence-corrected chi connectivity index (χ1v) is 7.87. The molecule has 6 heteroatoms. The van der Waals surface area contributed by atoms with Gasteiger partial charge in [-0.3, -0.25) is 4.79 Å². The van der Waals surface area contributed by atoms with E-state index in [2.05, 4.69) is 30.9 Å². The van der Waals surface area contributed by atoms with Crippen molar-refractivity contribution in [3.8, 4) is 0 Å². The molecule has 1 aromatic heterocycles. The van der Waals surface area contributed by atoms with Crippen LogP contribution in [0.25, 0.3) is 0 Å². The summed E-state index contributed by atoms with van der Waals surface area (Å²) in [6, 6.07) is 0.183. The van der Waals surface area contributed by atoms with E-state index in [1.807, 2.05) is 0 Å². The Morgan fingerprint density at radius 3 is 2.57 bits per heavy atom. The average Bonchev–Trinajstić information content (AvgIpc) is 2.93. The summed E-state index contributed by atoms with van der Waals surface area (Å²) in [7, 11) is 0. The molecule has 21 heavy (non-hydrogen) atoms. The van der Waals surface area contributed by atoms with Crippen LogP contribution in [0, 0.1) is 0 Å². The molecule has 1 aromatic rings. The highest BCUT2D eigenvalue weighted by Gasteiger charge is 2.21. The summed E-state index contributed by atoms with van der Waals surface area (Å²) in [5, 5.41) is 13.0. The molecule has 0 fully saturated rings. The molecular weight excluding hydrogens is 270 g/mol. The van der Waals surface area contributed by atoms with Crippen LogP contribution in [0.4, 0.5) is 0 Å².